The highest BCUT2D eigenvalue weighted by Crippen LogP contribution is 2.38. The van der Waals surface area contributed by atoms with Crippen LogP contribution in [0.2, 0.25) is 0 Å². The van der Waals surface area contributed by atoms with Gasteiger partial charge in [-0.1, -0.05) is 24.3 Å². The summed E-state index contributed by atoms with van der Waals surface area (Å²) in [4.78, 5) is 23.7. The number of nitrogen functional groups attached to an aromatic ring is 1. The molecular formula is C29H25N7O2. The van der Waals surface area contributed by atoms with Crippen LogP contribution in [0, 0.1) is 6.92 Å². The van der Waals surface area contributed by atoms with Gasteiger partial charge in [-0.2, -0.15) is 5.10 Å². The molecule has 188 valence electrons. The first-order valence-electron chi connectivity index (χ1n) is 12.2. The SMILES string of the molecule is Cc1ccc2[nH]ncc2c1-c1cc(-c2cccc(Oc3cccc(N4C=CCC4)c3)n2)nc(C(N)=O)c1N. The van der Waals surface area contributed by atoms with Crippen molar-refractivity contribution in [2.24, 2.45) is 5.73 Å². The molecule has 0 saturated heterocycles. The van der Waals surface area contributed by atoms with Gasteiger partial charge in [0.25, 0.3) is 5.91 Å². The molecule has 3 aromatic heterocycles. The van der Waals surface area contributed by atoms with Crippen LogP contribution >= 0.6 is 0 Å². The Kier molecular flexibility index (Phi) is 5.72. The van der Waals surface area contributed by atoms with E-state index in [0.717, 1.165) is 40.7 Å². The quantitative estimate of drug-likeness (QED) is 0.290. The summed E-state index contributed by atoms with van der Waals surface area (Å²) in [6, 6.07) is 19.0. The van der Waals surface area contributed by atoms with Crippen molar-refractivity contribution in [1.82, 2.24) is 20.2 Å². The number of amides is 1. The van der Waals surface area contributed by atoms with E-state index in [1.165, 1.54) is 0 Å². The number of nitrogens with one attached hydrogen (secondary N) is 1. The van der Waals surface area contributed by atoms with Gasteiger partial charge in [-0.15, -0.1) is 0 Å². The van der Waals surface area contributed by atoms with Gasteiger partial charge in [-0.3, -0.25) is 9.89 Å². The molecule has 0 fully saturated rings. The number of benzene rings is 2. The van der Waals surface area contributed by atoms with E-state index in [-0.39, 0.29) is 11.4 Å². The van der Waals surface area contributed by atoms with Gasteiger partial charge in [0.15, 0.2) is 5.69 Å². The molecule has 0 aliphatic carbocycles. The summed E-state index contributed by atoms with van der Waals surface area (Å²) < 4.78 is 6.11. The van der Waals surface area contributed by atoms with Gasteiger partial charge in [-0.05, 0) is 54.8 Å². The lowest BCUT2D eigenvalue weighted by Crippen LogP contribution is -2.17. The zero-order valence-electron chi connectivity index (χ0n) is 20.7. The number of aryl methyl sites for hydroxylation is 1. The first-order valence-corrected chi connectivity index (χ1v) is 12.2. The Morgan fingerprint density at radius 2 is 1.92 bits per heavy atom. The normalized spacial score (nSPS) is 12.8. The van der Waals surface area contributed by atoms with E-state index in [4.69, 9.17) is 16.2 Å². The Balaban J connectivity index is 1.41. The third-order valence-electron chi connectivity index (χ3n) is 6.57. The van der Waals surface area contributed by atoms with Crippen LogP contribution in [0.4, 0.5) is 11.4 Å². The highest BCUT2D eigenvalue weighted by Gasteiger charge is 2.20. The van der Waals surface area contributed by atoms with Crippen LogP contribution in [0.3, 0.4) is 0 Å². The number of fused-ring (bicyclic) bond motifs is 1. The number of primary amides is 1. The second kappa shape index (κ2) is 9.36. The average Bonchev–Trinajstić information content (AvgIpc) is 3.62. The standard InChI is InChI=1S/C29H25N7O2/c1-17-10-11-22-21(16-32-35-22)26(17)20-15-24(34-28(27(20)30)29(31)37)23-8-5-9-25(33-23)38-19-7-4-6-18(14-19)36-12-2-3-13-36/h2,4-12,14-16H,3,13,30H2,1H3,(H2,31,37)(H,32,35). The van der Waals surface area contributed by atoms with Gasteiger partial charge in [0.05, 0.1) is 28.8 Å². The number of rotatable bonds is 6. The monoisotopic (exact) mass is 503 g/mol. The fourth-order valence-corrected chi connectivity index (χ4v) is 4.73. The van der Waals surface area contributed by atoms with E-state index in [1.807, 2.05) is 55.5 Å². The highest BCUT2D eigenvalue weighted by molar-refractivity contribution is 6.05. The first-order chi connectivity index (χ1) is 18.5. The maximum absolute atomic E-state index is 12.3. The van der Waals surface area contributed by atoms with Crippen molar-refractivity contribution in [3.63, 3.8) is 0 Å². The number of ether oxygens (including phenoxy) is 1. The van der Waals surface area contributed by atoms with E-state index < -0.39 is 5.91 Å². The molecule has 6 rings (SSSR count). The summed E-state index contributed by atoms with van der Waals surface area (Å²) in [6.07, 6.45) is 6.97. The zero-order valence-corrected chi connectivity index (χ0v) is 20.7. The third-order valence-corrected chi connectivity index (χ3v) is 6.57. The van der Waals surface area contributed by atoms with Crippen LogP contribution in [0.5, 0.6) is 11.6 Å². The number of carbonyl (C=O) groups is 1. The lowest BCUT2D eigenvalue weighted by molar-refractivity contribution is 0.0996. The zero-order chi connectivity index (χ0) is 26.2. The highest BCUT2D eigenvalue weighted by atomic mass is 16.5. The number of pyridine rings is 2. The molecule has 1 aliphatic heterocycles. The van der Waals surface area contributed by atoms with Crippen LogP contribution < -0.4 is 21.1 Å². The molecule has 5 aromatic rings. The first kappa shape index (κ1) is 23.2. The number of anilines is 2. The number of aromatic nitrogens is 4. The van der Waals surface area contributed by atoms with Gasteiger partial charge in [-0.25, -0.2) is 9.97 Å². The number of nitrogens with two attached hydrogens (primary N) is 2. The minimum atomic E-state index is -0.720. The molecule has 0 radical (unpaired) electrons. The van der Waals surface area contributed by atoms with Crippen molar-refractivity contribution in [2.45, 2.75) is 13.3 Å². The van der Waals surface area contributed by atoms with Crippen molar-refractivity contribution < 1.29 is 9.53 Å². The molecular weight excluding hydrogens is 478 g/mol. The van der Waals surface area contributed by atoms with E-state index in [0.29, 0.717) is 28.6 Å². The molecule has 38 heavy (non-hydrogen) atoms. The van der Waals surface area contributed by atoms with Crippen LogP contribution in [-0.2, 0) is 0 Å². The number of H-pyrrole nitrogens is 1. The van der Waals surface area contributed by atoms with Crippen molar-refractivity contribution in [1.29, 1.82) is 0 Å². The fourth-order valence-electron chi connectivity index (χ4n) is 4.73. The Morgan fingerprint density at radius 1 is 1.05 bits per heavy atom. The summed E-state index contributed by atoms with van der Waals surface area (Å²) in [5.74, 6) is 0.340. The van der Waals surface area contributed by atoms with Crippen molar-refractivity contribution in [3.05, 3.63) is 90.4 Å². The molecule has 0 unspecified atom stereocenters. The predicted molar refractivity (Wildman–Crippen MR) is 148 cm³/mol. The van der Waals surface area contributed by atoms with E-state index >= 15 is 0 Å². The predicted octanol–water partition coefficient (Wildman–Crippen LogP) is 5.19. The molecule has 5 N–H and O–H groups in total. The van der Waals surface area contributed by atoms with Crippen LogP contribution in [0.1, 0.15) is 22.5 Å². The number of hydrogen-bond acceptors (Lipinski definition) is 7. The van der Waals surface area contributed by atoms with Crippen molar-refractivity contribution in [2.75, 3.05) is 17.2 Å². The minimum Gasteiger partial charge on any atom is -0.439 e. The Morgan fingerprint density at radius 3 is 2.74 bits per heavy atom. The molecule has 9 heteroatoms. The van der Waals surface area contributed by atoms with E-state index in [9.17, 15) is 4.79 Å². The lowest BCUT2D eigenvalue weighted by atomic mass is 9.94. The van der Waals surface area contributed by atoms with Crippen molar-refractivity contribution >= 4 is 28.2 Å². The molecule has 1 aliphatic rings. The Hall–Kier alpha value is -5.18. The van der Waals surface area contributed by atoms with Gasteiger partial charge in [0.2, 0.25) is 5.88 Å². The van der Waals surface area contributed by atoms with Crippen LogP contribution in [0.25, 0.3) is 33.4 Å². The summed E-state index contributed by atoms with van der Waals surface area (Å²) in [7, 11) is 0. The Labute approximate surface area is 218 Å². The van der Waals surface area contributed by atoms with Gasteiger partial charge in [0, 0.05) is 41.5 Å². The molecule has 2 aromatic carbocycles. The maximum Gasteiger partial charge on any atom is 0.269 e. The topological polar surface area (TPSA) is 136 Å². The summed E-state index contributed by atoms with van der Waals surface area (Å²) in [6.45, 7) is 2.92. The van der Waals surface area contributed by atoms with Gasteiger partial charge >= 0.3 is 0 Å². The van der Waals surface area contributed by atoms with Gasteiger partial charge in [0.1, 0.15) is 5.75 Å². The summed E-state index contributed by atoms with van der Waals surface area (Å²) >= 11 is 0. The van der Waals surface area contributed by atoms with E-state index in [1.54, 1.807) is 18.3 Å². The van der Waals surface area contributed by atoms with Crippen molar-refractivity contribution in [3.8, 4) is 34.1 Å². The second-order valence-corrected chi connectivity index (χ2v) is 9.10. The number of carbonyl (C=O) groups excluding carboxylic acids is 1. The Bertz CT molecular complexity index is 1720. The molecule has 1 amide bonds. The number of hydrogen-bond donors (Lipinski definition) is 3. The van der Waals surface area contributed by atoms with Crippen LogP contribution in [0.15, 0.2) is 79.1 Å². The third kappa shape index (κ3) is 4.20. The number of aromatic amines is 1. The largest absolute Gasteiger partial charge is 0.439 e. The molecule has 4 heterocycles. The second-order valence-electron chi connectivity index (χ2n) is 9.10. The molecule has 0 saturated carbocycles. The lowest BCUT2D eigenvalue weighted by Gasteiger charge is -2.16. The van der Waals surface area contributed by atoms with Gasteiger partial charge < -0.3 is 21.1 Å². The summed E-state index contributed by atoms with van der Waals surface area (Å²) in [5.41, 5.74) is 17.6. The maximum atomic E-state index is 12.3. The molecule has 0 bridgehead atoms. The van der Waals surface area contributed by atoms with E-state index in [2.05, 4.69) is 37.3 Å². The minimum absolute atomic E-state index is 0.0168. The summed E-state index contributed by atoms with van der Waals surface area (Å²) in [5, 5.41) is 8.03. The molecule has 0 spiro atoms. The number of nitrogens with zero attached hydrogens (tertiary/aromatic N) is 4. The molecule has 0 atom stereocenters. The fraction of sp³-hybridized carbons (Fsp3) is 0.103. The van der Waals surface area contributed by atoms with Crippen LogP contribution in [-0.4, -0.2) is 32.6 Å². The molecule has 9 nitrogen and oxygen atoms in total. The average molecular weight is 504 g/mol. The smallest absolute Gasteiger partial charge is 0.269 e.